The highest BCUT2D eigenvalue weighted by Crippen LogP contribution is 2.31. The number of anilines is 1. The van der Waals surface area contributed by atoms with E-state index in [1.807, 2.05) is 0 Å². The van der Waals surface area contributed by atoms with Gasteiger partial charge in [-0.15, -0.1) is 0 Å². The molecular formula is C21H18F2N4O2. The van der Waals surface area contributed by atoms with Crippen LogP contribution >= 0.6 is 0 Å². The van der Waals surface area contributed by atoms with E-state index in [4.69, 9.17) is 0 Å². The van der Waals surface area contributed by atoms with Crippen LogP contribution in [0.25, 0.3) is 11.4 Å². The third-order valence-corrected chi connectivity index (χ3v) is 5.08. The van der Waals surface area contributed by atoms with E-state index in [2.05, 4.69) is 15.0 Å². The van der Waals surface area contributed by atoms with Gasteiger partial charge in [-0.3, -0.25) is 14.6 Å². The van der Waals surface area contributed by atoms with Gasteiger partial charge in [-0.2, -0.15) is 0 Å². The first-order valence-electron chi connectivity index (χ1n) is 9.22. The number of carbonyl (C=O) groups is 1. The number of fused-ring (bicyclic) bond motifs is 1. The molecule has 0 saturated heterocycles. The van der Waals surface area contributed by atoms with Gasteiger partial charge in [0.25, 0.3) is 5.56 Å². The lowest BCUT2D eigenvalue weighted by Crippen LogP contribution is -2.30. The third-order valence-electron chi connectivity index (χ3n) is 5.08. The molecule has 6 nitrogen and oxygen atoms in total. The molecule has 1 amide bonds. The van der Waals surface area contributed by atoms with Crippen LogP contribution in [0.5, 0.6) is 0 Å². The van der Waals surface area contributed by atoms with Crippen molar-refractivity contribution in [3.63, 3.8) is 0 Å². The highest BCUT2D eigenvalue weighted by atomic mass is 19.1. The average Bonchev–Trinajstić information content (AvgIpc) is 3.12. The molecule has 8 heteroatoms. The lowest BCUT2D eigenvalue weighted by atomic mass is 10.1. The first-order chi connectivity index (χ1) is 13.9. The van der Waals surface area contributed by atoms with Crippen molar-refractivity contribution in [2.24, 2.45) is 0 Å². The smallest absolute Gasteiger partial charge is 0.254 e. The van der Waals surface area contributed by atoms with E-state index in [1.165, 1.54) is 11.0 Å². The summed E-state index contributed by atoms with van der Waals surface area (Å²) in [6.45, 7) is 2.01. The van der Waals surface area contributed by atoms with Crippen LogP contribution in [0.15, 0.2) is 41.5 Å². The summed E-state index contributed by atoms with van der Waals surface area (Å²) in [5.41, 5.74) is 1.99. The van der Waals surface area contributed by atoms with E-state index in [9.17, 15) is 18.4 Å². The molecule has 3 aromatic rings. The summed E-state index contributed by atoms with van der Waals surface area (Å²) >= 11 is 0. The van der Waals surface area contributed by atoms with Crippen molar-refractivity contribution in [2.75, 3.05) is 11.4 Å². The normalized spacial score (nSPS) is 12.9. The average molecular weight is 396 g/mol. The molecule has 0 saturated carbocycles. The SMILES string of the molecule is Cc1nc(-c2ccncc2)[nH]c(=O)c1CCC(=O)N1CCc2c(F)cc(F)cc21. The van der Waals surface area contributed by atoms with Crippen LogP contribution in [0.2, 0.25) is 0 Å². The summed E-state index contributed by atoms with van der Waals surface area (Å²) in [6.07, 6.45) is 3.79. The van der Waals surface area contributed by atoms with Crippen molar-refractivity contribution in [2.45, 2.75) is 26.2 Å². The van der Waals surface area contributed by atoms with Gasteiger partial charge in [0.15, 0.2) is 0 Å². The molecule has 0 unspecified atom stereocenters. The first-order valence-corrected chi connectivity index (χ1v) is 9.22. The van der Waals surface area contributed by atoms with E-state index in [0.29, 0.717) is 35.6 Å². The molecule has 0 bridgehead atoms. The highest BCUT2D eigenvalue weighted by Gasteiger charge is 2.28. The van der Waals surface area contributed by atoms with Crippen LogP contribution in [-0.4, -0.2) is 27.4 Å². The van der Waals surface area contributed by atoms with Gasteiger partial charge in [0.2, 0.25) is 5.91 Å². The second-order valence-corrected chi connectivity index (χ2v) is 6.90. The van der Waals surface area contributed by atoms with E-state index >= 15 is 0 Å². The number of carbonyl (C=O) groups excluding carboxylic acids is 1. The quantitative estimate of drug-likeness (QED) is 0.736. The summed E-state index contributed by atoms with van der Waals surface area (Å²) in [4.78, 5) is 37.7. The summed E-state index contributed by atoms with van der Waals surface area (Å²) in [5, 5.41) is 0. The zero-order valence-corrected chi connectivity index (χ0v) is 15.7. The van der Waals surface area contributed by atoms with E-state index in [1.54, 1.807) is 31.5 Å². The van der Waals surface area contributed by atoms with Crippen molar-refractivity contribution in [1.82, 2.24) is 15.0 Å². The van der Waals surface area contributed by atoms with Crippen molar-refractivity contribution in [3.05, 3.63) is 75.5 Å². The summed E-state index contributed by atoms with van der Waals surface area (Å²) in [6, 6.07) is 5.48. The largest absolute Gasteiger partial charge is 0.312 e. The summed E-state index contributed by atoms with van der Waals surface area (Å²) in [5.74, 6) is -1.21. The number of aromatic nitrogens is 3. The monoisotopic (exact) mass is 396 g/mol. The van der Waals surface area contributed by atoms with Gasteiger partial charge < -0.3 is 9.88 Å². The van der Waals surface area contributed by atoms with Gasteiger partial charge in [-0.1, -0.05) is 0 Å². The van der Waals surface area contributed by atoms with Gasteiger partial charge in [0.1, 0.15) is 17.5 Å². The number of hydrogen-bond acceptors (Lipinski definition) is 4. The van der Waals surface area contributed by atoms with E-state index in [-0.39, 0.29) is 30.0 Å². The minimum atomic E-state index is -0.718. The van der Waals surface area contributed by atoms with E-state index < -0.39 is 11.6 Å². The molecule has 0 spiro atoms. The maximum absolute atomic E-state index is 13.9. The van der Waals surface area contributed by atoms with E-state index in [0.717, 1.165) is 11.6 Å². The molecular weight excluding hydrogens is 378 g/mol. The predicted octanol–water partition coefficient (Wildman–Crippen LogP) is 2.94. The Morgan fingerprint density at radius 1 is 1.24 bits per heavy atom. The Balaban J connectivity index is 1.52. The third kappa shape index (κ3) is 3.65. The Labute approximate surface area is 165 Å². The lowest BCUT2D eigenvalue weighted by Gasteiger charge is -2.17. The molecule has 148 valence electrons. The number of hydrogen-bond donors (Lipinski definition) is 1. The number of nitrogens with one attached hydrogen (secondary N) is 1. The second kappa shape index (κ2) is 7.54. The summed E-state index contributed by atoms with van der Waals surface area (Å²) < 4.78 is 27.4. The van der Waals surface area contributed by atoms with Crippen LogP contribution in [-0.2, 0) is 17.6 Å². The molecule has 3 heterocycles. The van der Waals surface area contributed by atoms with Crippen LogP contribution in [0.4, 0.5) is 14.5 Å². The maximum Gasteiger partial charge on any atom is 0.254 e. The number of nitrogens with zero attached hydrogens (tertiary/aromatic N) is 3. The number of aryl methyl sites for hydroxylation is 1. The molecule has 0 atom stereocenters. The molecule has 0 radical (unpaired) electrons. The fourth-order valence-corrected chi connectivity index (χ4v) is 3.60. The fraction of sp³-hybridized carbons (Fsp3) is 0.238. The number of H-pyrrole nitrogens is 1. The van der Waals surface area contributed by atoms with Gasteiger partial charge in [-0.05, 0) is 38.0 Å². The summed E-state index contributed by atoms with van der Waals surface area (Å²) in [7, 11) is 0. The minimum absolute atomic E-state index is 0.0395. The Morgan fingerprint density at radius 3 is 2.72 bits per heavy atom. The van der Waals surface area contributed by atoms with Crippen molar-refractivity contribution < 1.29 is 13.6 Å². The standard InChI is InChI=1S/C21H18F2N4O2/c1-12-15(21(29)26-20(25-12)13-4-7-24-8-5-13)2-3-19(28)27-9-6-16-17(23)10-14(22)11-18(16)27/h4-5,7-8,10-11H,2-3,6,9H2,1H3,(H,25,26,29). The van der Waals surface area contributed by atoms with Crippen molar-refractivity contribution >= 4 is 11.6 Å². The van der Waals surface area contributed by atoms with Crippen molar-refractivity contribution in [1.29, 1.82) is 0 Å². The first kappa shape index (κ1) is 18.9. The maximum atomic E-state index is 13.9. The Kier molecular flexibility index (Phi) is 4.92. The zero-order valence-electron chi connectivity index (χ0n) is 15.7. The van der Waals surface area contributed by atoms with Crippen LogP contribution in [0.1, 0.15) is 23.2 Å². The van der Waals surface area contributed by atoms with Gasteiger partial charge in [0, 0.05) is 53.8 Å². The molecule has 29 heavy (non-hydrogen) atoms. The number of pyridine rings is 1. The Bertz CT molecular complexity index is 1150. The molecule has 1 aliphatic rings. The van der Waals surface area contributed by atoms with Crippen LogP contribution in [0, 0.1) is 18.6 Å². The fourth-order valence-electron chi connectivity index (χ4n) is 3.60. The zero-order chi connectivity index (χ0) is 20.5. The second-order valence-electron chi connectivity index (χ2n) is 6.90. The lowest BCUT2D eigenvalue weighted by molar-refractivity contribution is -0.118. The van der Waals surface area contributed by atoms with Crippen LogP contribution in [0.3, 0.4) is 0 Å². The van der Waals surface area contributed by atoms with Crippen LogP contribution < -0.4 is 10.5 Å². The molecule has 1 aromatic carbocycles. The number of halogens is 2. The number of rotatable bonds is 4. The topological polar surface area (TPSA) is 79.0 Å². The molecule has 4 rings (SSSR count). The molecule has 2 aromatic heterocycles. The van der Waals surface area contributed by atoms with Crippen molar-refractivity contribution in [3.8, 4) is 11.4 Å². The molecule has 1 N–H and O–H groups in total. The highest BCUT2D eigenvalue weighted by molar-refractivity contribution is 5.95. The van der Waals surface area contributed by atoms with Gasteiger partial charge >= 0.3 is 0 Å². The molecule has 0 aliphatic carbocycles. The number of benzene rings is 1. The number of aromatic amines is 1. The van der Waals surface area contributed by atoms with Gasteiger partial charge in [0.05, 0.1) is 5.69 Å². The minimum Gasteiger partial charge on any atom is -0.312 e. The predicted molar refractivity (Wildman–Crippen MR) is 104 cm³/mol. The Hall–Kier alpha value is -3.42. The molecule has 1 aliphatic heterocycles. The molecule has 0 fully saturated rings. The van der Waals surface area contributed by atoms with Gasteiger partial charge in [-0.25, -0.2) is 13.8 Å². The number of amides is 1. The Morgan fingerprint density at radius 2 is 2.00 bits per heavy atom.